The van der Waals surface area contributed by atoms with Crippen molar-refractivity contribution in [1.82, 2.24) is 0 Å². The van der Waals surface area contributed by atoms with E-state index in [0.29, 0.717) is 5.92 Å². The standard InChI is InChI=1S/C16H23NO2/c1-18-12-7-8-13-14(17)10-15(19-16(13)9-12)11-5-3-2-4-6-11/h7-9,11,14-15H,2-6,10,17H2,1H3/t14-,15?/m1/s1. The largest absolute Gasteiger partial charge is 0.497 e. The van der Waals surface area contributed by atoms with Gasteiger partial charge in [0.2, 0.25) is 0 Å². The summed E-state index contributed by atoms with van der Waals surface area (Å²) in [6.45, 7) is 0. The molecule has 0 aromatic heterocycles. The maximum Gasteiger partial charge on any atom is 0.128 e. The first-order chi connectivity index (χ1) is 9.28. The molecule has 2 atom stereocenters. The number of methoxy groups -OCH3 is 1. The van der Waals surface area contributed by atoms with E-state index >= 15 is 0 Å². The highest BCUT2D eigenvalue weighted by atomic mass is 16.5. The van der Waals surface area contributed by atoms with Crippen LogP contribution in [0.5, 0.6) is 11.5 Å². The molecular weight excluding hydrogens is 238 g/mol. The quantitative estimate of drug-likeness (QED) is 0.887. The predicted molar refractivity (Wildman–Crippen MR) is 75.5 cm³/mol. The van der Waals surface area contributed by atoms with Crippen LogP contribution in [0.2, 0.25) is 0 Å². The maximum absolute atomic E-state index is 6.31. The Morgan fingerprint density at radius 1 is 1.21 bits per heavy atom. The first-order valence-corrected chi connectivity index (χ1v) is 7.38. The van der Waals surface area contributed by atoms with Crippen molar-refractivity contribution in [3.8, 4) is 11.5 Å². The van der Waals surface area contributed by atoms with Gasteiger partial charge in [0, 0.05) is 24.1 Å². The minimum Gasteiger partial charge on any atom is -0.497 e. The summed E-state index contributed by atoms with van der Waals surface area (Å²) in [6.07, 6.45) is 7.86. The van der Waals surface area contributed by atoms with Gasteiger partial charge in [0.15, 0.2) is 0 Å². The number of hydrogen-bond acceptors (Lipinski definition) is 3. The van der Waals surface area contributed by atoms with Crippen molar-refractivity contribution < 1.29 is 9.47 Å². The second-order valence-corrected chi connectivity index (χ2v) is 5.80. The molecule has 0 saturated heterocycles. The average molecular weight is 261 g/mol. The Labute approximate surface area is 115 Å². The van der Waals surface area contributed by atoms with Crippen LogP contribution in [0, 0.1) is 5.92 Å². The maximum atomic E-state index is 6.31. The third kappa shape index (κ3) is 2.57. The molecule has 3 heteroatoms. The summed E-state index contributed by atoms with van der Waals surface area (Å²) >= 11 is 0. The van der Waals surface area contributed by atoms with Gasteiger partial charge in [-0.15, -0.1) is 0 Å². The number of fused-ring (bicyclic) bond motifs is 1. The van der Waals surface area contributed by atoms with Crippen molar-refractivity contribution in [3.63, 3.8) is 0 Å². The molecule has 19 heavy (non-hydrogen) atoms. The molecule has 1 aromatic carbocycles. The van der Waals surface area contributed by atoms with Crippen molar-refractivity contribution >= 4 is 0 Å². The summed E-state index contributed by atoms with van der Waals surface area (Å²) < 4.78 is 11.5. The molecule has 3 nitrogen and oxygen atoms in total. The lowest BCUT2D eigenvalue weighted by molar-refractivity contribution is 0.0781. The molecule has 2 N–H and O–H groups in total. The van der Waals surface area contributed by atoms with E-state index in [2.05, 4.69) is 0 Å². The van der Waals surface area contributed by atoms with Crippen LogP contribution in [0.1, 0.15) is 50.1 Å². The summed E-state index contributed by atoms with van der Waals surface area (Å²) in [6, 6.07) is 6.07. The molecule has 1 saturated carbocycles. The summed E-state index contributed by atoms with van der Waals surface area (Å²) in [5.74, 6) is 2.45. The Morgan fingerprint density at radius 2 is 2.00 bits per heavy atom. The van der Waals surface area contributed by atoms with E-state index in [9.17, 15) is 0 Å². The van der Waals surface area contributed by atoms with E-state index in [-0.39, 0.29) is 12.1 Å². The molecule has 104 valence electrons. The van der Waals surface area contributed by atoms with Crippen LogP contribution < -0.4 is 15.2 Å². The number of rotatable bonds is 2. The fourth-order valence-electron chi connectivity index (χ4n) is 3.43. The van der Waals surface area contributed by atoms with Crippen LogP contribution in [0.15, 0.2) is 18.2 Å². The molecule has 0 spiro atoms. The Bertz CT molecular complexity index is 440. The van der Waals surface area contributed by atoms with Crippen molar-refractivity contribution in [2.75, 3.05) is 7.11 Å². The molecule has 1 aliphatic carbocycles. The molecule has 0 amide bonds. The van der Waals surface area contributed by atoms with Gasteiger partial charge in [-0.3, -0.25) is 0 Å². The molecule has 2 aliphatic rings. The van der Waals surface area contributed by atoms with Crippen LogP contribution in [-0.4, -0.2) is 13.2 Å². The van der Waals surface area contributed by atoms with Crippen molar-refractivity contribution in [3.05, 3.63) is 23.8 Å². The zero-order chi connectivity index (χ0) is 13.2. The van der Waals surface area contributed by atoms with Crippen molar-refractivity contribution in [2.45, 2.75) is 50.7 Å². The van der Waals surface area contributed by atoms with Gasteiger partial charge >= 0.3 is 0 Å². The second-order valence-electron chi connectivity index (χ2n) is 5.80. The van der Waals surface area contributed by atoms with Gasteiger partial charge in [-0.05, 0) is 24.8 Å². The van der Waals surface area contributed by atoms with Crippen LogP contribution in [0.25, 0.3) is 0 Å². The van der Waals surface area contributed by atoms with E-state index in [1.165, 1.54) is 32.1 Å². The molecule has 1 fully saturated rings. The van der Waals surface area contributed by atoms with E-state index in [4.69, 9.17) is 15.2 Å². The lowest BCUT2D eigenvalue weighted by Gasteiger charge is -2.36. The van der Waals surface area contributed by atoms with E-state index < -0.39 is 0 Å². The SMILES string of the molecule is COc1ccc2c(c1)OC(C1CCCCC1)C[C@H]2N. The molecular formula is C16H23NO2. The first kappa shape index (κ1) is 12.8. The van der Waals surface area contributed by atoms with E-state index in [1.54, 1.807) is 7.11 Å². The number of hydrogen-bond donors (Lipinski definition) is 1. The smallest absolute Gasteiger partial charge is 0.128 e. The lowest BCUT2D eigenvalue weighted by atomic mass is 9.81. The summed E-state index contributed by atoms with van der Waals surface area (Å²) in [5, 5.41) is 0. The fourth-order valence-corrected chi connectivity index (χ4v) is 3.43. The van der Waals surface area contributed by atoms with Gasteiger partial charge in [0.05, 0.1) is 7.11 Å². The molecule has 1 unspecified atom stereocenters. The van der Waals surface area contributed by atoms with Crippen molar-refractivity contribution in [1.29, 1.82) is 0 Å². The summed E-state index contributed by atoms with van der Waals surface area (Å²) in [4.78, 5) is 0. The van der Waals surface area contributed by atoms with Crippen LogP contribution in [0.3, 0.4) is 0 Å². The number of nitrogens with two attached hydrogens (primary N) is 1. The van der Waals surface area contributed by atoms with Crippen molar-refractivity contribution in [2.24, 2.45) is 11.7 Å². The Morgan fingerprint density at radius 3 is 2.74 bits per heavy atom. The molecule has 3 rings (SSSR count). The highest BCUT2D eigenvalue weighted by Crippen LogP contribution is 2.40. The number of benzene rings is 1. The van der Waals surface area contributed by atoms with Gasteiger partial charge in [-0.2, -0.15) is 0 Å². The molecule has 1 aromatic rings. The van der Waals surface area contributed by atoms with Gasteiger partial charge in [0.1, 0.15) is 17.6 Å². The second kappa shape index (κ2) is 5.41. The van der Waals surface area contributed by atoms with Gasteiger partial charge < -0.3 is 15.2 Å². The predicted octanol–water partition coefficient (Wildman–Crippen LogP) is 3.43. The first-order valence-electron chi connectivity index (χ1n) is 7.38. The molecule has 0 bridgehead atoms. The third-order valence-corrected chi connectivity index (χ3v) is 4.56. The summed E-state index contributed by atoms with van der Waals surface area (Å²) in [7, 11) is 1.68. The minimum absolute atomic E-state index is 0.0987. The monoisotopic (exact) mass is 261 g/mol. The highest BCUT2D eigenvalue weighted by molar-refractivity contribution is 5.43. The molecule has 1 aliphatic heterocycles. The Kier molecular flexibility index (Phi) is 3.65. The van der Waals surface area contributed by atoms with Gasteiger partial charge in [0.25, 0.3) is 0 Å². The Balaban J connectivity index is 1.81. The van der Waals surface area contributed by atoms with E-state index in [1.807, 2.05) is 18.2 Å². The van der Waals surface area contributed by atoms with E-state index in [0.717, 1.165) is 23.5 Å². The number of ether oxygens (including phenoxy) is 2. The third-order valence-electron chi connectivity index (χ3n) is 4.56. The average Bonchev–Trinajstić information content (AvgIpc) is 2.47. The molecule has 0 radical (unpaired) electrons. The van der Waals surface area contributed by atoms with Crippen LogP contribution in [0.4, 0.5) is 0 Å². The lowest BCUT2D eigenvalue weighted by Crippen LogP contribution is -2.36. The topological polar surface area (TPSA) is 44.5 Å². The van der Waals surface area contributed by atoms with Crippen LogP contribution in [-0.2, 0) is 0 Å². The summed E-state index contributed by atoms with van der Waals surface area (Å²) in [5.41, 5.74) is 7.43. The van der Waals surface area contributed by atoms with Gasteiger partial charge in [-0.1, -0.05) is 25.3 Å². The zero-order valence-electron chi connectivity index (χ0n) is 11.6. The highest BCUT2D eigenvalue weighted by Gasteiger charge is 2.32. The van der Waals surface area contributed by atoms with Gasteiger partial charge in [-0.25, -0.2) is 0 Å². The normalized spacial score (nSPS) is 27.5. The zero-order valence-corrected chi connectivity index (χ0v) is 11.6. The van der Waals surface area contributed by atoms with Crippen LogP contribution >= 0.6 is 0 Å². The fraction of sp³-hybridized carbons (Fsp3) is 0.625. The minimum atomic E-state index is 0.0987. The Hall–Kier alpha value is -1.22. The molecule has 1 heterocycles.